The molecular weight excluding hydrogens is 769 g/mol. The Kier molecular flexibility index (Phi) is 37.6. The van der Waals surface area contributed by atoms with Gasteiger partial charge in [0.15, 0.2) is 0 Å². The number of benzene rings is 1. The van der Waals surface area contributed by atoms with E-state index in [0.717, 1.165) is 50.7 Å². The van der Waals surface area contributed by atoms with Crippen LogP contribution < -0.4 is 0 Å². The average Bonchev–Trinajstić information content (AvgIpc) is 3.24. The first kappa shape index (κ1) is 55.6. The van der Waals surface area contributed by atoms with E-state index in [4.69, 9.17) is 9.47 Å². The first-order valence-electron chi connectivity index (χ1n) is 25.1. The highest BCUT2D eigenvalue weighted by Gasteiger charge is 2.23. The molecule has 1 rings (SSSR count). The van der Waals surface area contributed by atoms with Crippen molar-refractivity contribution < 1.29 is 32.0 Å². The smallest absolute Gasteiger partial charge is 0.339 e. The lowest BCUT2D eigenvalue weighted by Crippen LogP contribution is -2.16. The maximum Gasteiger partial charge on any atom is 0.339 e. The van der Waals surface area contributed by atoms with Gasteiger partial charge in [-0.15, -0.1) is 0 Å². The zero-order chi connectivity index (χ0) is 43.6. The van der Waals surface area contributed by atoms with Gasteiger partial charge in [-0.2, -0.15) is 8.42 Å². The Morgan fingerprint density at radius 3 is 1.03 bits per heavy atom. The second-order valence-corrected chi connectivity index (χ2v) is 18.6. The van der Waals surface area contributed by atoms with Crippen molar-refractivity contribution in [3.8, 4) is 0 Å². The molecule has 7 nitrogen and oxygen atoms in total. The molecule has 1 N–H and O–H groups in total. The van der Waals surface area contributed by atoms with E-state index in [1.54, 1.807) is 0 Å². The Morgan fingerprint density at radius 2 is 0.717 bits per heavy atom. The van der Waals surface area contributed by atoms with E-state index in [9.17, 15) is 22.6 Å². The number of unbranched alkanes of at least 4 members (excludes halogenated alkanes) is 32. The summed E-state index contributed by atoms with van der Waals surface area (Å²) in [7, 11) is -4.58. The highest BCUT2D eigenvalue weighted by Crippen LogP contribution is 2.20. The fraction of sp³-hybridized carbons (Fsp3) is 0.769. The van der Waals surface area contributed by atoms with E-state index < -0.39 is 27.0 Å². The minimum atomic E-state index is -4.58. The van der Waals surface area contributed by atoms with Crippen LogP contribution in [0.4, 0.5) is 0 Å². The normalized spacial score (nSPS) is 11.9. The van der Waals surface area contributed by atoms with Crippen LogP contribution in [0.5, 0.6) is 0 Å². The van der Waals surface area contributed by atoms with Gasteiger partial charge in [-0.3, -0.25) is 4.55 Å². The van der Waals surface area contributed by atoms with Crippen molar-refractivity contribution in [2.24, 2.45) is 0 Å². The molecule has 0 bridgehead atoms. The van der Waals surface area contributed by atoms with Crippen LogP contribution >= 0.6 is 0 Å². The van der Waals surface area contributed by atoms with Gasteiger partial charge in [0.2, 0.25) is 0 Å². The molecule has 60 heavy (non-hydrogen) atoms. The molecule has 0 atom stereocenters. The fourth-order valence-electron chi connectivity index (χ4n) is 7.63. The fourth-order valence-corrected chi connectivity index (χ4v) is 8.14. The Balaban J connectivity index is 2.17. The molecule has 0 aromatic heterocycles. The third-order valence-electron chi connectivity index (χ3n) is 11.5. The number of esters is 2. The average molecular weight is 859 g/mol. The molecule has 1 aromatic carbocycles. The topological polar surface area (TPSA) is 107 Å². The summed E-state index contributed by atoms with van der Waals surface area (Å²) in [6.07, 6.45) is 54.1. The second kappa shape index (κ2) is 40.6. The van der Waals surface area contributed by atoms with Crippen LogP contribution in [0.15, 0.2) is 47.4 Å². The molecule has 0 saturated heterocycles. The van der Waals surface area contributed by atoms with Gasteiger partial charge in [-0.25, -0.2) is 9.59 Å². The summed E-state index contributed by atoms with van der Waals surface area (Å²) >= 11 is 0. The molecule has 0 aliphatic rings. The Bertz CT molecular complexity index is 1340. The monoisotopic (exact) mass is 859 g/mol. The predicted molar refractivity (Wildman–Crippen MR) is 253 cm³/mol. The molecule has 0 radical (unpaired) electrons. The molecule has 346 valence electrons. The summed E-state index contributed by atoms with van der Waals surface area (Å²) in [6.45, 7) is 4.87. The highest BCUT2D eigenvalue weighted by molar-refractivity contribution is 7.85. The summed E-state index contributed by atoms with van der Waals surface area (Å²) in [6, 6.07) is 3.28. The molecule has 0 fully saturated rings. The van der Waals surface area contributed by atoms with Crippen molar-refractivity contribution in [1.82, 2.24) is 0 Å². The van der Waals surface area contributed by atoms with Crippen LogP contribution in [0, 0.1) is 0 Å². The minimum Gasteiger partial charge on any atom is -0.462 e. The van der Waals surface area contributed by atoms with Crippen LogP contribution in [0.25, 0.3) is 0 Å². The number of carbonyl (C=O) groups excluding carboxylic acids is 2. The SMILES string of the molecule is CCCCCCCCCCCCCCCC/C=C/CCCCOC(=O)c1ccc(S(=O)(=O)O)cc1C(=O)OCCCC/C=C/CCCCCCCCCCCCCCCC. The second-order valence-electron chi connectivity index (χ2n) is 17.2. The number of rotatable bonds is 43. The zero-order valence-electron chi connectivity index (χ0n) is 38.7. The molecule has 0 spiro atoms. The van der Waals surface area contributed by atoms with Gasteiger partial charge in [0, 0.05) is 0 Å². The van der Waals surface area contributed by atoms with Crippen LogP contribution in [0.3, 0.4) is 0 Å². The van der Waals surface area contributed by atoms with Crippen LogP contribution in [0.1, 0.15) is 266 Å². The number of hydrogen-bond acceptors (Lipinski definition) is 6. The lowest BCUT2D eigenvalue weighted by Gasteiger charge is -2.11. The lowest BCUT2D eigenvalue weighted by atomic mass is 10.0. The van der Waals surface area contributed by atoms with Crippen molar-refractivity contribution in [1.29, 1.82) is 0 Å². The molecule has 0 unspecified atom stereocenters. The molecule has 0 saturated carbocycles. The van der Waals surface area contributed by atoms with Crippen molar-refractivity contribution in [2.75, 3.05) is 13.2 Å². The van der Waals surface area contributed by atoms with Crippen molar-refractivity contribution in [2.45, 2.75) is 250 Å². The van der Waals surface area contributed by atoms with Gasteiger partial charge in [0.05, 0.1) is 29.2 Å². The first-order chi connectivity index (χ1) is 29.3. The minimum absolute atomic E-state index is 0.0770. The van der Waals surface area contributed by atoms with Gasteiger partial charge in [-0.05, 0) is 82.4 Å². The maximum absolute atomic E-state index is 13.0. The molecular formula is C52H90O7S. The van der Waals surface area contributed by atoms with E-state index in [0.29, 0.717) is 12.8 Å². The summed E-state index contributed by atoms with van der Waals surface area (Å²) in [5.74, 6) is -1.54. The number of hydrogen-bond donors (Lipinski definition) is 1. The van der Waals surface area contributed by atoms with Gasteiger partial charge >= 0.3 is 11.9 Å². The Morgan fingerprint density at radius 1 is 0.433 bits per heavy atom. The van der Waals surface area contributed by atoms with Gasteiger partial charge in [0.1, 0.15) is 0 Å². The van der Waals surface area contributed by atoms with E-state index in [1.165, 1.54) is 186 Å². The quantitative estimate of drug-likeness (QED) is 0.0302. The summed E-state index contributed by atoms with van der Waals surface area (Å²) < 4.78 is 44.0. The lowest BCUT2D eigenvalue weighted by molar-refractivity contribution is 0.0451. The van der Waals surface area contributed by atoms with Gasteiger partial charge < -0.3 is 9.47 Å². The molecule has 0 aliphatic heterocycles. The molecule has 0 amide bonds. The summed E-state index contributed by atoms with van der Waals surface area (Å²) in [5, 5.41) is 0. The third-order valence-corrected chi connectivity index (χ3v) is 12.4. The number of ether oxygens (including phenoxy) is 2. The number of carbonyl (C=O) groups is 2. The first-order valence-corrected chi connectivity index (χ1v) is 26.5. The van der Waals surface area contributed by atoms with Crippen molar-refractivity contribution in [3.05, 3.63) is 53.6 Å². The predicted octanol–water partition coefficient (Wildman–Crippen LogP) is 16.4. The van der Waals surface area contributed by atoms with E-state index in [-0.39, 0.29) is 24.3 Å². The third kappa shape index (κ3) is 33.2. The van der Waals surface area contributed by atoms with Crippen LogP contribution in [-0.4, -0.2) is 38.1 Å². The largest absolute Gasteiger partial charge is 0.462 e. The summed E-state index contributed by atoms with van der Waals surface area (Å²) in [4.78, 5) is 25.4. The van der Waals surface area contributed by atoms with Crippen LogP contribution in [-0.2, 0) is 19.6 Å². The Labute approximate surface area is 369 Å². The van der Waals surface area contributed by atoms with E-state index >= 15 is 0 Å². The van der Waals surface area contributed by atoms with Crippen molar-refractivity contribution >= 4 is 22.1 Å². The van der Waals surface area contributed by atoms with E-state index in [2.05, 4.69) is 38.2 Å². The van der Waals surface area contributed by atoms with Gasteiger partial charge in [0.25, 0.3) is 10.1 Å². The molecule has 0 aliphatic carbocycles. The molecule has 1 aromatic rings. The standard InChI is InChI=1S/C52H90O7S/c1-3-5-7-9-11-13-15-17-19-21-23-25-27-29-31-33-35-37-39-41-45-58-51(53)49-44-43-48(60(55,56)57)47-50(49)52(54)59-46-42-40-38-36-34-32-30-28-26-24-22-20-18-16-14-12-10-8-6-4-2/h33-36,43-44,47H,3-32,37-42,45-46H2,1-2H3,(H,55,56,57)/b35-33+,36-34+. The van der Waals surface area contributed by atoms with Crippen LogP contribution in [0.2, 0.25) is 0 Å². The molecule has 8 heteroatoms. The number of allylic oxidation sites excluding steroid dienone is 4. The van der Waals surface area contributed by atoms with Gasteiger partial charge in [-0.1, -0.05) is 205 Å². The highest BCUT2D eigenvalue weighted by atomic mass is 32.2. The Hall–Kier alpha value is -2.45. The maximum atomic E-state index is 13.0. The molecule has 0 heterocycles. The van der Waals surface area contributed by atoms with Crippen molar-refractivity contribution in [3.63, 3.8) is 0 Å². The van der Waals surface area contributed by atoms with E-state index in [1.807, 2.05) is 0 Å². The zero-order valence-corrected chi connectivity index (χ0v) is 39.5. The summed E-state index contributed by atoms with van der Waals surface area (Å²) in [5.41, 5.74) is -0.304.